The molecule has 0 spiro atoms. The number of benzene rings is 3. The zero-order valence-electron chi connectivity index (χ0n) is 18.3. The smallest absolute Gasteiger partial charge is 0.282 e. The number of amides is 2. The molecule has 0 bridgehead atoms. The number of ether oxygens (including phenoxy) is 1. The molecule has 1 heterocycles. The van der Waals surface area contributed by atoms with E-state index in [4.69, 9.17) is 4.74 Å². The summed E-state index contributed by atoms with van der Waals surface area (Å²) in [7, 11) is 1.50. The minimum absolute atomic E-state index is 0.102. The number of methoxy groups -OCH3 is 1. The molecule has 1 aliphatic heterocycles. The predicted octanol–water partition coefficient (Wildman–Crippen LogP) is 4.62. The maximum atomic E-state index is 13.5. The van der Waals surface area contributed by atoms with E-state index in [-0.39, 0.29) is 17.0 Å². The number of carbonyl (C=O) groups excluding carboxylic acids is 2. The molecule has 0 saturated carbocycles. The van der Waals surface area contributed by atoms with Crippen molar-refractivity contribution in [3.8, 4) is 5.75 Å². The molecule has 0 fully saturated rings. The third kappa shape index (κ3) is 4.06. The van der Waals surface area contributed by atoms with Crippen molar-refractivity contribution >= 4 is 34.4 Å². The maximum absolute atomic E-state index is 13.5. The lowest BCUT2D eigenvalue weighted by Gasteiger charge is -2.16. The maximum Gasteiger partial charge on any atom is 0.282 e. The molecule has 1 aliphatic rings. The highest BCUT2D eigenvalue weighted by Crippen LogP contribution is 2.36. The Balaban J connectivity index is 1.84. The van der Waals surface area contributed by atoms with Crippen LogP contribution in [-0.4, -0.2) is 23.8 Å². The SMILES string of the molecule is COc1cccc(N2C(=O)C(Nc3cc(C)ccc3C)=C(c3ccc([N+](=O)[O-])cc3)C2=O)c1. The molecular weight excluding hydrogens is 422 g/mol. The number of imide groups is 1. The van der Waals surface area contributed by atoms with Crippen molar-refractivity contribution in [2.45, 2.75) is 13.8 Å². The summed E-state index contributed by atoms with van der Waals surface area (Å²) < 4.78 is 5.24. The van der Waals surface area contributed by atoms with E-state index in [1.807, 2.05) is 32.0 Å². The molecule has 33 heavy (non-hydrogen) atoms. The van der Waals surface area contributed by atoms with Gasteiger partial charge in [-0.3, -0.25) is 19.7 Å². The van der Waals surface area contributed by atoms with Crippen LogP contribution in [0.5, 0.6) is 5.75 Å². The summed E-state index contributed by atoms with van der Waals surface area (Å²) in [6.45, 7) is 3.83. The molecule has 2 amide bonds. The molecule has 8 heteroatoms. The van der Waals surface area contributed by atoms with Gasteiger partial charge in [0.25, 0.3) is 17.5 Å². The second kappa shape index (κ2) is 8.58. The van der Waals surface area contributed by atoms with E-state index in [0.717, 1.165) is 16.0 Å². The highest BCUT2D eigenvalue weighted by molar-refractivity contribution is 6.46. The third-order valence-electron chi connectivity index (χ3n) is 5.41. The zero-order chi connectivity index (χ0) is 23.7. The normalized spacial score (nSPS) is 13.5. The van der Waals surface area contributed by atoms with Crippen LogP contribution in [0.25, 0.3) is 5.57 Å². The number of nitrogens with zero attached hydrogens (tertiary/aromatic N) is 2. The minimum atomic E-state index is -0.532. The van der Waals surface area contributed by atoms with Crippen LogP contribution in [0.4, 0.5) is 17.1 Å². The molecule has 8 nitrogen and oxygen atoms in total. The van der Waals surface area contributed by atoms with Crippen molar-refractivity contribution in [2.75, 3.05) is 17.3 Å². The van der Waals surface area contributed by atoms with Gasteiger partial charge in [-0.1, -0.05) is 18.2 Å². The van der Waals surface area contributed by atoms with E-state index in [0.29, 0.717) is 22.7 Å². The lowest BCUT2D eigenvalue weighted by Crippen LogP contribution is -2.32. The Hall–Kier alpha value is -4.46. The van der Waals surface area contributed by atoms with Gasteiger partial charge in [0.05, 0.1) is 23.3 Å². The van der Waals surface area contributed by atoms with Gasteiger partial charge in [-0.05, 0) is 60.9 Å². The number of rotatable bonds is 6. The lowest BCUT2D eigenvalue weighted by atomic mass is 10.0. The van der Waals surface area contributed by atoms with Crippen LogP contribution in [0.3, 0.4) is 0 Å². The van der Waals surface area contributed by atoms with E-state index in [1.165, 1.54) is 31.4 Å². The van der Waals surface area contributed by atoms with Crippen LogP contribution in [0, 0.1) is 24.0 Å². The van der Waals surface area contributed by atoms with Gasteiger partial charge in [-0.25, -0.2) is 4.90 Å². The summed E-state index contributed by atoms with van der Waals surface area (Å²) in [5.74, 6) is -0.557. The molecule has 0 saturated heterocycles. The number of nitro benzene ring substituents is 1. The highest BCUT2D eigenvalue weighted by Gasteiger charge is 2.40. The predicted molar refractivity (Wildman–Crippen MR) is 125 cm³/mol. The molecule has 1 N–H and O–H groups in total. The van der Waals surface area contributed by atoms with Crippen LogP contribution >= 0.6 is 0 Å². The van der Waals surface area contributed by atoms with Crippen LogP contribution in [0.1, 0.15) is 16.7 Å². The third-order valence-corrected chi connectivity index (χ3v) is 5.41. The van der Waals surface area contributed by atoms with Crippen LogP contribution < -0.4 is 15.0 Å². The fraction of sp³-hybridized carbons (Fsp3) is 0.120. The van der Waals surface area contributed by atoms with Gasteiger partial charge in [-0.15, -0.1) is 0 Å². The van der Waals surface area contributed by atoms with E-state index in [9.17, 15) is 19.7 Å². The molecule has 0 aliphatic carbocycles. The molecule has 166 valence electrons. The monoisotopic (exact) mass is 443 g/mol. The van der Waals surface area contributed by atoms with Gasteiger partial charge >= 0.3 is 0 Å². The fourth-order valence-corrected chi connectivity index (χ4v) is 3.65. The van der Waals surface area contributed by atoms with E-state index < -0.39 is 16.7 Å². The van der Waals surface area contributed by atoms with Crippen LogP contribution in [0.15, 0.2) is 72.4 Å². The Bertz CT molecular complexity index is 1310. The number of hydrogen-bond donors (Lipinski definition) is 1. The van der Waals surface area contributed by atoms with Crippen LogP contribution in [0.2, 0.25) is 0 Å². The van der Waals surface area contributed by atoms with E-state index >= 15 is 0 Å². The van der Waals surface area contributed by atoms with Gasteiger partial charge in [0.2, 0.25) is 0 Å². The van der Waals surface area contributed by atoms with Crippen molar-refractivity contribution in [1.82, 2.24) is 0 Å². The molecule has 3 aromatic rings. The molecular formula is C25H21N3O5. The van der Waals surface area contributed by atoms with Gasteiger partial charge < -0.3 is 10.1 Å². The fourth-order valence-electron chi connectivity index (χ4n) is 3.65. The van der Waals surface area contributed by atoms with Crippen molar-refractivity contribution in [3.05, 3.63) is 99.2 Å². The largest absolute Gasteiger partial charge is 0.497 e. The number of nitro groups is 1. The standard InChI is InChI=1S/C25H21N3O5/c1-15-7-8-16(2)21(13-15)26-23-22(17-9-11-18(12-10-17)28(31)32)24(29)27(25(23)30)19-5-4-6-20(14-19)33-3/h4-14,26H,1-3H3. The van der Waals surface area contributed by atoms with Crippen molar-refractivity contribution in [1.29, 1.82) is 0 Å². The summed E-state index contributed by atoms with van der Waals surface area (Å²) >= 11 is 0. The summed E-state index contributed by atoms with van der Waals surface area (Å²) in [6, 6.07) is 18.0. The Morgan fingerprint density at radius 1 is 0.939 bits per heavy atom. The van der Waals surface area contributed by atoms with Crippen LogP contribution in [-0.2, 0) is 9.59 Å². The highest BCUT2D eigenvalue weighted by atomic mass is 16.6. The Kier molecular flexibility index (Phi) is 5.66. The number of aryl methyl sites for hydroxylation is 2. The molecule has 0 atom stereocenters. The molecule has 0 unspecified atom stereocenters. The average Bonchev–Trinajstić information content (AvgIpc) is 3.05. The first-order valence-electron chi connectivity index (χ1n) is 10.2. The minimum Gasteiger partial charge on any atom is -0.497 e. The van der Waals surface area contributed by atoms with E-state index in [1.54, 1.807) is 24.3 Å². The Morgan fingerprint density at radius 3 is 2.33 bits per heavy atom. The second-order valence-corrected chi connectivity index (χ2v) is 7.64. The number of hydrogen-bond acceptors (Lipinski definition) is 6. The molecule has 0 radical (unpaired) electrons. The summed E-state index contributed by atoms with van der Waals surface area (Å²) in [6.07, 6.45) is 0. The topological polar surface area (TPSA) is 102 Å². The summed E-state index contributed by atoms with van der Waals surface area (Å²) in [5, 5.41) is 14.2. The molecule has 0 aromatic heterocycles. The van der Waals surface area contributed by atoms with Gasteiger partial charge in [0, 0.05) is 23.9 Å². The average molecular weight is 443 g/mol. The van der Waals surface area contributed by atoms with E-state index in [2.05, 4.69) is 5.32 Å². The van der Waals surface area contributed by atoms with Gasteiger partial charge in [0.15, 0.2) is 0 Å². The first-order chi connectivity index (χ1) is 15.8. The van der Waals surface area contributed by atoms with Crippen molar-refractivity contribution < 1.29 is 19.2 Å². The summed E-state index contributed by atoms with van der Waals surface area (Å²) in [5.41, 5.74) is 3.48. The molecule has 3 aromatic carbocycles. The van der Waals surface area contributed by atoms with Gasteiger partial charge in [0.1, 0.15) is 11.4 Å². The summed E-state index contributed by atoms with van der Waals surface area (Å²) in [4.78, 5) is 38.7. The lowest BCUT2D eigenvalue weighted by molar-refractivity contribution is -0.384. The number of nitrogens with one attached hydrogen (secondary N) is 1. The Morgan fingerprint density at radius 2 is 1.67 bits per heavy atom. The number of carbonyl (C=O) groups is 2. The number of non-ortho nitro benzene ring substituents is 1. The van der Waals surface area contributed by atoms with Gasteiger partial charge in [-0.2, -0.15) is 0 Å². The zero-order valence-corrected chi connectivity index (χ0v) is 18.3. The second-order valence-electron chi connectivity index (χ2n) is 7.64. The van der Waals surface area contributed by atoms with Crippen molar-refractivity contribution in [2.24, 2.45) is 0 Å². The quantitative estimate of drug-likeness (QED) is 0.339. The van der Waals surface area contributed by atoms with Crippen molar-refractivity contribution in [3.63, 3.8) is 0 Å². The Labute approximate surface area is 190 Å². The number of anilines is 2. The first kappa shape index (κ1) is 21.8. The molecule has 4 rings (SSSR count). The first-order valence-corrected chi connectivity index (χ1v) is 10.2.